The first-order valence-corrected chi connectivity index (χ1v) is 11.6. The molecule has 7 heteroatoms. The number of rotatable bonds is 6. The molecular formula is C23H25ClN4OS. The fourth-order valence-corrected chi connectivity index (χ4v) is 4.72. The summed E-state index contributed by atoms with van der Waals surface area (Å²) in [6.07, 6.45) is 2.29. The van der Waals surface area contributed by atoms with E-state index in [1.807, 2.05) is 47.4 Å². The molecule has 0 saturated carbocycles. The van der Waals surface area contributed by atoms with Crippen molar-refractivity contribution in [3.63, 3.8) is 0 Å². The van der Waals surface area contributed by atoms with Gasteiger partial charge in [-0.2, -0.15) is 0 Å². The van der Waals surface area contributed by atoms with Crippen molar-refractivity contribution in [3.05, 3.63) is 65.2 Å². The highest BCUT2D eigenvalue weighted by molar-refractivity contribution is 7.99. The minimum Gasteiger partial charge on any atom is -0.342 e. The lowest BCUT2D eigenvalue weighted by Gasteiger charge is -2.30. The van der Waals surface area contributed by atoms with Gasteiger partial charge in [0.05, 0.1) is 12.3 Å². The summed E-state index contributed by atoms with van der Waals surface area (Å²) >= 11 is 7.51. The van der Waals surface area contributed by atoms with E-state index in [1.54, 1.807) is 0 Å². The molecule has 1 amide bonds. The quantitative estimate of drug-likeness (QED) is 0.506. The summed E-state index contributed by atoms with van der Waals surface area (Å²) in [6.45, 7) is 4.56. The molecule has 5 nitrogen and oxygen atoms in total. The third-order valence-corrected chi connectivity index (χ3v) is 6.54. The maximum Gasteiger partial charge on any atom is 0.233 e. The van der Waals surface area contributed by atoms with Crippen molar-refractivity contribution < 1.29 is 4.79 Å². The van der Waals surface area contributed by atoms with Crippen LogP contribution in [-0.2, 0) is 11.3 Å². The molecule has 2 heterocycles. The van der Waals surface area contributed by atoms with Crippen molar-refractivity contribution in [1.29, 1.82) is 0 Å². The average molecular weight is 441 g/mol. The molecule has 1 saturated heterocycles. The molecule has 1 fully saturated rings. The average Bonchev–Trinajstić information content (AvgIpc) is 3.15. The SMILES string of the molecule is C[C@@H]1CCCN(C(=O)CSc2nnc(-c3ccc(Cl)cc3)n2Cc2ccccc2)C1. The van der Waals surface area contributed by atoms with Crippen molar-refractivity contribution in [1.82, 2.24) is 19.7 Å². The van der Waals surface area contributed by atoms with Crippen LogP contribution in [-0.4, -0.2) is 44.4 Å². The summed E-state index contributed by atoms with van der Waals surface area (Å²) in [5.74, 6) is 1.90. The number of amides is 1. The Morgan fingerprint density at radius 2 is 1.90 bits per heavy atom. The molecule has 1 aliphatic rings. The Kier molecular flexibility index (Phi) is 6.75. The number of hydrogen-bond acceptors (Lipinski definition) is 4. The van der Waals surface area contributed by atoms with Gasteiger partial charge in [0.2, 0.25) is 5.91 Å². The van der Waals surface area contributed by atoms with E-state index < -0.39 is 0 Å². The summed E-state index contributed by atoms with van der Waals surface area (Å²) in [4.78, 5) is 14.7. The van der Waals surface area contributed by atoms with Gasteiger partial charge in [0.25, 0.3) is 0 Å². The molecule has 0 N–H and O–H groups in total. The van der Waals surface area contributed by atoms with E-state index in [0.29, 0.717) is 23.2 Å². The number of carbonyl (C=O) groups excluding carboxylic acids is 1. The number of aromatic nitrogens is 3. The fourth-order valence-electron chi connectivity index (χ4n) is 3.75. The van der Waals surface area contributed by atoms with E-state index in [0.717, 1.165) is 41.6 Å². The van der Waals surface area contributed by atoms with Gasteiger partial charge in [0.15, 0.2) is 11.0 Å². The lowest BCUT2D eigenvalue weighted by molar-refractivity contribution is -0.130. The summed E-state index contributed by atoms with van der Waals surface area (Å²) in [5.41, 5.74) is 2.11. The Hall–Kier alpha value is -2.31. The third-order valence-electron chi connectivity index (χ3n) is 5.34. The van der Waals surface area contributed by atoms with Crippen LogP contribution in [0.1, 0.15) is 25.3 Å². The van der Waals surface area contributed by atoms with Gasteiger partial charge in [-0.1, -0.05) is 60.6 Å². The maximum atomic E-state index is 12.7. The van der Waals surface area contributed by atoms with Crippen molar-refractivity contribution in [3.8, 4) is 11.4 Å². The zero-order valence-electron chi connectivity index (χ0n) is 17.0. The van der Waals surface area contributed by atoms with Gasteiger partial charge in [-0.25, -0.2) is 0 Å². The Morgan fingerprint density at radius 3 is 2.63 bits per heavy atom. The third kappa shape index (κ3) is 5.05. The molecule has 0 spiro atoms. The molecule has 30 heavy (non-hydrogen) atoms. The van der Waals surface area contributed by atoms with Crippen LogP contribution in [0, 0.1) is 5.92 Å². The minimum absolute atomic E-state index is 0.175. The summed E-state index contributed by atoms with van der Waals surface area (Å²) < 4.78 is 2.08. The molecule has 1 aromatic heterocycles. The van der Waals surface area contributed by atoms with Crippen LogP contribution in [0.25, 0.3) is 11.4 Å². The van der Waals surface area contributed by atoms with E-state index in [2.05, 4.69) is 33.8 Å². The monoisotopic (exact) mass is 440 g/mol. The van der Waals surface area contributed by atoms with Crippen molar-refractivity contribution >= 4 is 29.3 Å². The number of nitrogens with zero attached hydrogens (tertiary/aromatic N) is 4. The highest BCUT2D eigenvalue weighted by Gasteiger charge is 2.22. The number of halogens is 1. The second kappa shape index (κ2) is 9.67. The lowest BCUT2D eigenvalue weighted by atomic mass is 10.0. The molecule has 3 aromatic rings. The van der Waals surface area contributed by atoms with Gasteiger partial charge in [-0.3, -0.25) is 9.36 Å². The number of piperidine rings is 1. The van der Waals surface area contributed by atoms with E-state index in [4.69, 9.17) is 11.6 Å². The molecule has 1 atom stereocenters. The van der Waals surface area contributed by atoms with Gasteiger partial charge >= 0.3 is 0 Å². The fraction of sp³-hybridized carbons (Fsp3) is 0.348. The van der Waals surface area contributed by atoms with Crippen molar-refractivity contribution in [2.45, 2.75) is 31.5 Å². The minimum atomic E-state index is 0.175. The predicted molar refractivity (Wildman–Crippen MR) is 122 cm³/mol. The second-order valence-electron chi connectivity index (χ2n) is 7.76. The summed E-state index contributed by atoms with van der Waals surface area (Å²) in [7, 11) is 0. The standard InChI is InChI=1S/C23H25ClN4OS/c1-17-6-5-13-27(14-17)21(29)16-30-23-26-25-22(19-9-11-20(24)12-10-19)28(23)15-18-7-3-2-4-8-18/h2-4,7-12,17H,5-6,13-16H2,1H3/t17-/m1/s1. The topological polar surface area (TPSA) is 51.0 Å². The van der Waals surface area contributed by atoms with Gasteiger partial charge in [-0.15, -0.1) is 10.2 Å². The van der Waals surface area contributed by atoms with Crippen molar-refractivity contribution in [2.75, 3.05) is 18.8 Å². The first-order chi connectivity index (χ1) is 14.6. The highest BCUT2D eigenvalue weighted by atomic mass is 35.5. The molecule has 0 unspecified atom stereocenters. The molecule has 4 rings (SSSR count). The van der Waals surface area contributed by atoms with Crippen LogP contribution in [0.2, 0.25) is 5.02 Å². The van der Waals surface area contributed by atoms with Crippen LogP contribution in [0.15, 0.2) is 59.8 Å². The Morgan fingerprint density at radius 1 is 1.13 bits per heavy atom. The second-order valence-corrected chi connectivity index (χ2v) is 9.14. The first kappa shape index (κ1) is 20.9. The van der Waals surface area contributed by atoms with Crippen LogP contribution in [0.4, 0.5) is 0 Å². The zero-order chi connectivity index (χ0) is 20.9. The smallest absolute Gasteiger partial charge is 0.233 e. The zero-order valence-corrected chi connectivity index (χ0v) is 18.6. The molecule has 156 valence electrons. The number of likely N-dealkylation sites (tertiary alicyclic amines) is 1. The number of thioether (sulfide) groups is 1. The highest BCUT2D eigenvalue weighted by Crippen LogP contribution is 2.27. The van der Waals surface area contributed by atoms with Crippen LogP contribution in [0.3, 0.4) is 0 Å². The molecule has 1 aliphatic heterocycles. The molecule has 0 aliphatic carbocycles. The lowest BCUT2D eigenvalue weighted by Crippen LogP contribution is -2.40. The van der Waals surface area contributed by atoms with Gasteiger partial charge in [0, 0.05) is 23.7 Å². The van der Waals surface area contributed by atoms with Crippen molar-refractivity contribution in [2.24, 2.45) is 5.92 Å². The van der Waals surface area contributed by atoms with Crippen LogP contribution in [0.5, 0.6) is 0 Å². The summed E-state index contributed by atoms with van der Waals surface area (Å²) in [5, 5.41) is 10.3. The molecule has 0 radical (unpaired) electrons. The summed E-state index contributed by atoms with van der Waals surface area (Å²) in [6, 6.07) is 17.8. The van der Waals surface area contributed by atoms with Gasteiger partial charge in [0.1, 0.15) is 0 Å². The maximum absolute atomic E-state index is 12.7. The number of carbonyl (C=O) groups is 1. The Bertz CT molecular complexity index is 990. The largest absolute Gasteiger partial charge is 0.342 e. The number of benzene rings is 2. The number of hydrogen-bond donors (Lipinski definition) is 0. The normalized spacial score (nSPS) is 16.6. The van der Waals surface area contributed by atoms with Gasteiger partial charge < -0.3 is 4.90 Å². The molecule has 2 aromatic carbocycles. The first-order valence-electron chi connectivity index (χ1n) is 10.2. The van der Waals surface area contributed by atoms with Crippen LogP contribution < -0.4 is 0 Å². The van der Waals surface area contributed by atoms with E-state index in [9.17, 15) is 4.79 Å². The molecule has 0 bridgehead atoms. The van der Waals surface area contributed by atoms with Gasteiger partial charge in [-0.05, 0) is 48.6 Å². The van der Waals surface area contributed by atoms with Crippen LogP contribution >= 0.6 is 23.4 Å². The van der Waals surface area contributed by atoms with E-state index >= 15 is 0 Å². The Balaban J connectivity index is 1.56. The van der Waals surface area contributed by atoms with E-state index in [1.165, 1.54) is 18.2 Å². The predicted octanol–water partition coefficient (Wildman–Crippen LogP) is 5.00. The molecular weight excluding hydrogens is 416 g/mol. The Labute approximate surface area is 186 Å². The van der Waals surface area contributed by atoms with E-state index in [-0.39, 0.29) is 5.91 Å².